The molecule has 1 saturated heterocycles. The van der Waals surface area contributed by atoms with Gasteiger partial charge in [0, 0.05) is 43.1 Å². The fourth-order valence-electron chi connectivity index (χ4n) is 1.60. The largest absolute Gasteiger partial charge is 0.311 e. The number of aromatic nitrogens is 2. The maximum absolute atomic E-state index is 4.19. The Morgan fingerprint density at radius 3 is 2.50 bits per heavy atom. The molecular weight excluding hydrogens is 176 g/mol. The number of piperazine rings is 1. The molecule has 4 nitrogen and oxygen atoms in total. The van der Waals surface area contributed by atoms with Crippen LogP contribution in [0.3, 0.4) is 0 Å². The normalized spacial score (nSPS) is 27.6. The Bertz CT molecular complexity index is 287. The van der Waals surface area contributed by atoms with E-state index in [1.54, 1.807) is 0 Å². The van der Waals surface area contributed by atoms with E-state index in [0.29, 0.717) is 12.1 Å². The van der Waals surface area contributed by atoms with Gasteiger partial charge in [-0.05, 0) is 13.8 Å². The first kappa shape index (κ1) is 9.55. The van der Waals surface area contributed by atoms with Gasteiger partial charge in [0.25, 0.3) is 0 Å². The van der Waals surface area contributed by atoms with E-state index in [2.05, 4.69) is 27.5 Å². The second kappa shape index (κ2) is 4.02. The Balaban J connectivity index is 2.05. The van der Waals surface area contributed by atoms with Gasteiger partial charge in [-0.15, -0.1) is 0 Å². The molecule has 1 aromatic rings. The van der Waals surface area contributed by atoms with Crippen molar-refractivity contribution in [3.63, 3.8) is 0 Å². The molecule has 0 aliphatic carbocycles. The second-order valence-corrected chi connectivity index (χ2v) is 3.83. The third-order valence-electron chi connectivity index (χ3n) is 2.54. The van der Waals surface area contributed by atoms with Gasteiger partial charge in [0.1, 0.15) is 5.82 Å². The highest BCUT2D eigenvalue weighted by Crippen LogP contribution is 2.12. The van der Waals surface area contributed by atoms with Crippen molar-refractivity contribution < 1.29 is 0 Å². The van der Waals surface area contributed by atoms with Crippen LogP contribution in [0.4, 0.5) is 0 Å². The minimum atomic E-state index is 0.354. The minimum Gasteiger partial charge on any atom is -0.311 e. The van der Waals surface area contributed by atoms with E-state index in [-0.39, 0.29) is 0 Å². The predicted octanol–water partition coefficient (Wildman–Crippen LogP) is 0.407. The molecular formula is C10H16N4. The molecule has 1 aliphatic heterocycles. The lowest BCUT2D eigenvalue weighted by atomic mass is 10.1. The summed E-state index contributed by atoms with van der Waals surface area (Å²) < 4.78 is 0. The SMILES string of the molecule is Cc1ncc(C2CNC(C)CN2)cn1. The smallest absolute Gasteiger partial charge is 0.125 e. The van der Waals surface area contributed by atoms with Crippen molar-refractivity contribution in [2.75, 3.05) is 13.1 Å². The van der Waals surface area contributed by atoms with Crippen LogP contribution in [0.5, 0.6) is 0 Å². The molecule has 1 fully saturated rings. The van der Waals surface area contributed by atoms with E-state index in [1.807, 2.05) is 19.3 Å². The van der Waals surface area contributed by atoms with Crippen molar-refractivity contribution in [2.24, 2.45) is 0 Å². The molecule has 2 heterocycles. The highest BCUT2D eigenvalue weighted by molar-refractivity contribution is 5.12. The molecule has 2 atom stereocenters. The summed E-state index contributed by atoms with van der Waals surface area (Å²) in [6, 6.07) is 0.907. The molecule has 0 saturated carbocycles. The lowest BCUT2D eigenvalue weighted by molar-refractivity contribution is 0.365. The van der Waals surface area contributed by atoms with Gasteiger partial charge in [0.15, 0.2) is 0 Å². The first-order chi connectivity index (χ1) is 6.75. The van der Waals surface area contributed by atoms with Crippen LogP contribution in [-0.4, -0.2) is 29.1 Å². The average molecular weight is 192 g/mol. The molecule has 0 amide bonds. The zero-order chi connectivity index (χ0) is 9.97. The van der Waals surface area contributed by atoms with Crippen molar-refractivity contribution in [2.45, 2.75) is 25.9 Å². The van der Waals surface area contributed by atoms with E-state index in [0.717, 1.165) is 24.5 Å². The molecule has 2 unspecified atom stereocenters. The van der Waals surface area contributed by atoms with Crippen molar-refractivity contribution in [1.29, 1.82) is 0 Å². The summed E-state index contributed by atoms with van der Waals surface area (Å²) in [6.07, 6.45) is 3.80. The maximum atomic E-state index is 4.19. The lowest BCUT2D eigenvalue weighted by Crippen LogP contribution is -2.48. The van der Waals surface area contributed by atoms with Gasteiger partial charge in [-0.25, -0.2) is 9.97 Å². The first-order valence-corrected chi connectivity index (χ1v) is 5.01. The van der Waals surface area contributed by atoms with E-state index in [9.17, 15) is 0 Å². The fraction of sp³-hybridized carbons (Fsp3) is 0.600. The van der Waals surface area contributed by atoms with Crippen molar-refractivity contribution in [3.05, 3.63) is 23.8 Å². The van der Waals surface area contributed by atoms with Gasteiger partial charge in [-0.2, -0.15) is 0 Å². The molecule has 2 rings (SSSR count). The third-order valence-corrected chi connectivity index (χ3v) is 2.54. The maximum Gasteiger partial charge on any atom is 0.125 e. The monoisotopic (exact) mass is 192 g/mol. The van der Waals surface area contributed by atoms with Gasteiger partial charge >= 0.3 is 0 Å². The Hall–Kier alpha value is -1.00. The van der Waals surface area contributed by atoms with E-state index in [1.165, 1.54) is 0 Å². The van der Waals surface area contributed by atoms with Gasteiger partial charge in [0.05, 0.1) is 0 Å². The van der Waals surface area contributed by atoms with Gasteiger partial charge in [-0.3, -0.25) is 0 Å². The van der Waals surface area contributed by atoms with Gasteiger partial charge in [0.2, 0.25) is 0 Å². The van der Waals surface area contributed by atoms with Crippen LogP contribution in [0.1, 0.15) is 24.4 Å². The zero-order valence-electron chi connectivity index (χ0n) is 8.62. The summed E-state index contributed by atoms with van der Waals surface area (Å²) >= 11 is 0. The lowest BCUT2D eigenvalue weighted by Gasteiger charge is -2.28. The summed E-state index contributed by atoms with van der Waals surface area (Å²) in [7, 11) is 0. The number of rotatable bonds is 1. The highest BCUT2D eigenvalue weighted by Gasteiger charge is 2.18. The summed E-state index contributed by atoms with van der Waals surface area (Å²) in [4.78, 5) is 8.39. The van der Waals surface area contributed by atoms with Crippen LogP contribution in [-0.2, 0) is 0 Å². The van der Waals surface area contributed by atoms with Crippen molar-refractivity contribution in [1.82, 2.24) is 20.6 Å². The molecule has 2 N–H and O–H groups in total. The topological polar surface area (TPSA) is 49.8 Å². The van der Waals surface area contributed by atoms with Gasteiger partial charge in [-0.1, -0.05) is 0 Å². The number of nitrogens with one attached hydrogen (secondary N) is 2. The molecule has 0 spiro atoms. The van der Waals surface area contributed by atoms with Crippen LogP contribution in [0, 0.1) is 6.92 Å². The molecule has 76 valence electrons. The van der Waals surface area contributed by atoms with Crippen LogP contribution < -0.4 is 10.6 Å². The van der Waals surface area contributed by atoms with Crippen LogP contribution in [0.15, 0.2) is 12.4 Å². The number of aryl methyl sites for hydroxylation is 1. The standard InChI is InChI=1S/C10H16N4/c1-7-3-14-10(6-11-7)9-4-12-8(2)13-5-9/h4-5,7,10-11,14H,3,6H2,1-2H3. The van der Waals surface area contributed by atoms with Crippen LogP contribution >= 0.6 is 0 Å². The Morgan fingerprint density at radius 1 is 1.21 bits per heavy atom. The van der Waals surface area contributed by atoms with E-state index >= 15 is 0 Å². The fourth-order valence-corrected chi connectivity index (χ4v) is 1.60. The predicted molar refractivity (Wildman–Crippen MR) is 55.0 cm³/mol. The average Bonchev–Trinajstić information content (AvgIpc) is 2.21. The number of hydrogen-bond acceptors (Lipinski definition) is 4. The summed E-state index contributed by atoms with van der Waals surface area (Å²) in [5.41, 5.74) is 1.16. The van der Waals surface area contributed by atoms with E-state index in [4.69, 9.17) is 0 Å². The van der Waals surface area contributed by atoms with Crippen molar-refractivity contribution >= 4 is 0 Å². The third kappa shape index (κ3) is 2.08. The van der Waals surface area contributed by atoms with Gasteiger partial charge < -0.3 is 10.6 Å². The van der Waals surface area contributed by atoms with E-state index < -0.39 is 0 Å². The highest BCUT2D eigenvalue weighted by atomic mass is 15.1. The van der Waals surface area contributed by atoms with Crippen molar-refractivity contribution in [3.8, 4) is 0 Å². The zero-order valence-corrected chi connectivity index (χ0v) is 8.62. The molecule has 1 aromatic heterocycles. The first-order valence-electron chi connectivity index (χ1n) is 5.01. The number of hydrogen-bond donors (Lipinski definition) is 2. The summed E-state index contributed by atoms with van der Waals surface area (Å²) in [5.74, 6) is 0.825. The molecule has 14 heavy (non-hydrogen) atoms. The number of nitrogens with zero attached hydrogens (tertiary/aromatic N) is 2. The summed E-state index contributed by atoms with van der Waals surface area (Å²) in [6.45, 7) is 6.03. The quantitative estimate of drug-likeness (QED) is 0.676. The molecule has 0 aromatic carbocycles. The molecule has 0 bridgehead atoms. The Labute approximate surface area is 84.2 Å². The molecule has 4 heteroatoms. The minimum absolute atomic E-state index is 0.354. The Morgan fingerprint density at radius 2 is 1.93 bits per heavy atom. The molecule has 0 radical (unpaired) electrons. The van der Waals surface area contributed by atoms with Crippen LogP contribution in [0.2, 0.25) is 0 Å². The molecule has 1 aliphatic rings. The second-order valence-electron chi connectivity index (χ2n) is 3.83. The Kier molecular flexibility index (Phi) is 2.74. The summed E-state index contributed by atoms with van der Waals surface area (Å²) in [5, 5.41) is 6.89. The van der Waals surface area contributed by atoms with Crippen LogP contribution in [0.25, 0.3) is 0 Å².